The van der Waals surface area contributed by atoms with Crippen molar-refractivity contribution in [3.63, 3.8) is 0 Å². The van der Waals surface area contributed by atoms with Gasteiger partial charge in [-0.3, -0.25) is 0 Å². The van der Waals surface area contributed by atoms with Gasteiger partial charge in [-0.05, 0) is 30.5 Å². The second kappa shape index (κ2) is 6.30. The van der Waals surface area contributed by atoms with Gasteiger partial charge in [-0.25, -0.2) is 0 Å². The highest BCUT2D eigenvalue weighted by molar-refractivity contribution is 5.44. The van der Waals surface area contributed by atoms with Crippen molar-refractivity contribution >= 4 is 0 Å². The van der Waals surface area contributed by atoms with Gasteiger partial charge in [-0.1, -0.05) is 32.3 Å². The lowest BCUT2D eigenvalue weighted by molar-refractivity contribution is 0.174. The number of fused-ring (bicyclic) bond motifs is 1. The molecular formula is C15H19NO2. The molecule has 0 saturated carbocycles. The summed E-state index contributed by atoms with van der Waals surface area (Å²) < 4.78 is 10.6. The molecule has 0 radical (unpaired) electrons. The van der Waals surface area contributed by atoms with E-state index in [0.29, 0.717) is 6.79 Å². The van der Waals surface area contributed by atoms with Gasteiger partial charge in [-0.15, -0.1) is 0 Å². The minimum absolute atomic E-state index is 0.108. The van der Waals surface area contributed by atoms with Gasteiger partial charge in [0, 0.05) is 0 Å². The maximum Gasteiger partial charge on any atom is 0.231 e. The lowest BCUT2D eigenvalue weighted by atomic mass is 9.95. The zero-order chi connectivity index (χ0) is 12.8. The summed E-state index contributed by atoms with van der Waals surface area (Å²) in [5.41, 5.74) is 1.15. The SMILES string of the molecule is CCCCCC(C#N)Cc1ccc2c(c1)OCO2. The summed E-state index contributed by atoms with van der Waals surface area (Å²) in [4.78, 5) is 0. The smallest absolute Gasteiger partial charge is 0.231 e. The predicted octanol–water partition coefficient (Wildman–Crippen LogP) is 3.68. The summed E-state index contributed by atoms with van der Waals surface area (Å²) in [6, 6.07) is 8.35. The number of nitriles is 1. The Morgan fingerprint density at radius 3 is 2.89 bits per heavy atom. The average molecular weight is 245 g/mol. The lowest BCUT2D eigenvalue weighted by Gasteiger charge is -2.09. The number of hydrogen-bond donors (Lipinski definition) is 0. The molecule has 1 atom stereocenters. The van der Waals surface area contributed by atoms with Gasteiger partial charge < -0.3 is 9.47 Å². The normalized spacial score (nSPS) is 14.2. The molecule has 0 saturated heterocycles. The number of hydrogen-bond acceptors (Lipinski definition) is 3. The summed E-state index contributed by atoms with van der Waals surface area (Å²) in [6.45, 7) is 2.48. The predicted molar refractivity (Wildman–Crippen MR) is 69.5 cm³/mol. The van der Waals surface area contributed by atoms with Crippen LogP contribution < -0.4 is 9.47 Å². The lowest BCUT2D eigenvalue weighted by Crippen LogP contribution is -2.02. The minimum atomic E-state index is 0.108. The highest BCUT2D eigenvalue weighted by Gasteiger charge is 2.15. The number of ether oxygens (including phenoxy) is 2. The standard InChI is InChI=1S/C15H19NO2/c1-2-3-4-5-13(10-16)8-12-6-7-14-15(9-12)18-11-17-14/h6-7,9,13H,2-5,8,11H2,1H3. The Bertz CT molecular complexity index is 437. The van der Waals surface area contributed by atoms with E-state index in [9.17, 15) is 5.26 Å². The third kappa shape index (κ3) is 3.16. The average Bonchev–Trinajstić information content (AvgIpc) is 2.85. The molecule has 3 heteroatoms. The quantitative estimate of drug-likeness (QED) is 0.718. The Morgan fingerprint density at radius 1 is 1.28 bits per heavy atom. The van der Waals surface area contributed by atoms with Crippen LogP contribution in [0.5, 0.6) is 11.5 Å². The highest BCUT2D eigenvalue weighted by atomic mass is 16.7. The maximum atomic E-state index is 9.17. The number of nitrogens with zero attached hydrogens (tertiary/aromatic N) is 1. The van der Waals surface area contributed by atoms with Crippen LogP contribution in [0.25, 0.3) is 0 Å². The Kier molecular flexibility index (Phi) is 4.46. The van der Waals surface area contributed by atoms with Crippen LogP contribution in [0, 0.1) is 17.2 Å². The summed E-state index contributed by atoms with van der Waals surface area (Å²) in [5, 5.41) is 9.17. The van der Waals surface area contributed by atoms with Crippen LogP contribution >= 0.6 is 0 Å². The molecule has 18 heavy (non-hydrogen) atoms. The van der Waals surface area contributed by atoms with E-state index in [4.69, 9.17) is 9.47 Å². The molecule has 0 bridgehead atoms. The molecule has 0 aromatic heterocycles. The topological polar surface area (TPSA) is 42.2 Å². The molecule has 3 nitrogen and oxygen atoms in total. The fraction of sp³-hybridized carbons (Fsp3) is 0.533. The molecule has 0 aliphatic carbocycles. The van der Waals surface area contributed by atoms with Crippen molar-refractivity contribution in [2.75, 3.05) is 6.79 Å². The Hall–Kier alpha value is -1.69. The summed E-state index contributed by atoms with van der Waals surface area (Å²) in [6.07, 6.45) is 5.33. The third-order valence-electron chi connectivity index (χ3n) is 3.26. The summed E-state index contributed by atoms with van der Waals surface area (Å²) in [5.74, 6) is 1.72. The minimum Gasteiger partial charge on any atom is -0.454 e. The molecule has 1 aromatic rings. The van der Waals surface area contributed by atoms with Gasteiger partial charge in [0.15, 0.2) is 11.5 Å². The van der Waals surface area contributed by atoms with Crippen LogP contribution in [0.2, 0.25) is 0 Å². The van der Waals surface area contributed by atoms with Crippen molar-refractivity contribution in [2.45, 2.75) is 39.0 Å². The van der Waals surface area contributed by atoms with Crippen LogP contribution in [-0.4, -0.2) is 6.79 Å². The molecule has 0 amide bonds. The Morgan fingerprint density at radius 2 is 2.11 bits per heavy atom. The molecule has 2 rings (SSSR count). The molecule has 1 aliphatic rings. The molecular weight excluding hydrogens is 226 g/mol. The maximum absolute atomic E-state index is 9.17. The molecule has 1 aromatic carbocycles. The highest BCUT2D eigenvalue weighted by Crippen LogP contribution is 2.33. The van der Waals surface area contributed by atoms with Crippen molar-refractivity contribution < 1.29 is 9.47 Å². The summed E-state index contributed by atoms with van der Waals surface area (Å²) in [7, 11) is 0. The van der Waals surface area contributed by atoms with E-state index < -0.39 is 0 Å². The molecule has 0 N–H and O–H groups in total. The van der Waals surface area contributed by atoms with Gasteiger partial charge in [0.05, 0.1) is 12.0 Å². The molecule has 1 heterocycles. The zero-order valence-corrected chi connectivity index (χ0v) is 10.8. The number of rotatable bonds is 6. The second-order valence-corrected chi connectivity index (χ2v) is 4.71. The Labute approximate surface area is 108 Å². The van der Waals surface area contributed by atoms with E-state index >= 15 is 0 Å². The van der Waals surface area contributed by atoms with Crippen molar-refractivity contribution in [1.29, 1.82) is 5.26 Å². The van der Waals surface area contributed by atoms with Crippen LogP contribution in [0.1, 0.15) is 38.2 Å². The van der Waals surface area contributed by atoms with E-state index in [1.807, 2.05) is 18.2 Å². The molecule has 1 aliphatic heterocycles. The fourth-order valence-electron chi connectivity index (χ4n) is 2.21. The fourth-order valence-corrected chi connectivity index (χ4v) is 2.21. The molecule has 1 unspecified atom stereocenters. The first-order valence-corrected chi connectivity index (χ1v) is 6.61. The van der Waals surface area contributed by atoms with E-state index in [1.54, 1.807) is 0 Å². The first kappa shape index (κ1) is 12.8. The third-order valence-corrected chi connectivity index (χ3v) is 3.26. The van der Waals surface area contributed by atoms with Crippen LogP contribution in [0.4, 0.5) is 0 Å². The van der Waals surface area contributed by atoms with E-state index in [-0.39, 0.29) is 5.92 Å². The molecule has 0 spiro atoms. The van der Waals surface area contributed by atoms with Crippen LogP contribution in [0.15, 0.2) is 18.2 Å². The van der Waals surface area contributed by atoms with Crippen LogP contribution in [-0.2, 0) is 6.42 Å². The van der Waals surface area contributed by atoms with Gasteiger partial charge in [0.2, 0.25) is 6.79 Å². The Balaban J connectivity index is 1.93. The second-order valence-electron chi connectivity index (χ2n) is 4.71. The molecule has 0 fully saturated rings. The van der Waals surface area contributed by atoms with E-state index in [0.717, 1.165) is 36.3 Å². The van der Waals surface area contributed by atoms with Crippen LogP contribution in [0.3, 0.4) is 0 Å². The number of benzene rings is 1. The van der Waals surface area contributed by atoms with Crippen molar-refractivity contribution in [3.8, 4) is 17.6 Å². The van der Waals surface area contributed by atoms with Crippen molar-refractivity contribution in [3.05, 3.63) is 23.8 Å². The van der Waals surface area contributed by atoms with Gasteiger partial charge in [0.1, 0.15) is 0 Å². The molecule has 96 valence electrons. The van der Waals surface area contributed by atoms with E-state index in [1.165, 1.54) is 12.8 Å². The van der Waals surface area contributed by atoms with E-state index in [2.05, 4.69) is 13.0 Å². The largest absolute Gasteiger partial charge is 0.454 e. The van der Waals surface area contributed by atoms with Crippen molar-refractivity contribution in [1.82, 2.24) is 0 Å². The van der Waals surface area contributed by atoms with Crippen molar-refractivity contribution in [2.24, 2.45) is 5.92 Å². The monoisotopic (exact) mass is 245 g/mol. The summed E-state index contributed by atoms with van der Waals surface area (Å²) >= 11 is 0. The van der Waals surface area contributed by atoms with Gasteiger partial charge >= 0.3 is 0 Å². The zero-order valence-electron chi connectivity index (χ0n) is 10.8. The van der Waals surface area contributed by atoms with Gasteiger partial charge in [-0.2, -0.15) is 5.26 Å². The first-order valence-electron chi connectivity index (χ1n) is 6.61. The number of unbranched alkanes of at least 4 members (excludes halogenated alkanes) is 2. The first-order chi connectivity index (χ1) is 8.83. The van der Waals surface area contributed by atoms with Gasteiger partial charge in [0.25, 0.3) is 0 Å².